The number of ketones is 1. The Bertz CT molecular complexity index is 523. The first-order chi connectivity index (χ1) is 9.72. The smallest absolute Gasteiger partial charge is 0.240 e. The van der Waals surface area contributed by atoms with Crippen LogP contribution in [-0.4, -0.2) is 54.4 Å². The quantitative estimate of drug-likeness (QED) is 0.898. The van der Waals surface area contributed by atoms with Crippen molar-refractivity contribution in [1.29, 1.82) is 0 Å². The maximum Gasteiger partial charge on any atom is 0.240 e. The number of thiazole rings is 1. The molecule has 1 amide bonds. The van der Waals surface area contributed by atoms with Gasteiger partial charge in [0.05, 0.1) is 30.3 Å². The Morgan fingerprint density at radius 1 is 1.35 bits per heavy atom. The van der Waals surface area contributed by atoms with Gasteiger partial charge in [-0.15, -0.1) is 0 Å². The summed E-state index contributed by atoms with van der Waals surface area (Å²) in [6.07, 6.45) is 2.28. The van der Waals surface area contributed by atoms with Crippen molar-refractivity contribution in [1.82, 2.24) is 9.88 Å². The highest BCUT2D eigenvalue weighted by atomic mass is 32.1. The molecule has 0 radical (unpaired) electrons. The molecular formula is C13H17N3O3S. The van der Waals surface area contributed by atoms with Crippen LogP contribution in [-0.2, 0) is 16.0 Å². The summed E-state index contributed by atoms with van der Waals surface area (Å²) in [6, 6.07) is 0. The van der Waals surface area contributed by atoms with Gasteiger partial charge in [-0.05, 0) is 12.8 Å². The number of rotatable bonds is 3. The van der Waals surface area contributed by atoms with Crippen molar-refractivity contribution >= 4 is 28.2 Å². The van der Waals surface area contributed by atoms with Crippen molar-refractivity contribution < 1.29 is 14.3 Å². The maximum absolute atomic E-state index is 12.0. The monoisotopic (exact) mass is 295 g/mol. The number of fused-ring (bicyclic) bond motifs is 1. The van der Waals surface area contributed by atoms with E-state index in [1.165, 1.54) is 11.3 Å². The molecule has 1 fully saturated rings. The second kappa shape index (κ2) is 5.99. The molecule has 7 heteroatoms. The van der Waals surface area contributed by atoms with Gasteiger partial charge < -0.3 is 10.1 Å². The molecule has 2 heterocycles. The summed E-state index contributed by atoms with van der Waals surface area (Å²) in [5.41, 5.74) is 0.841. The number of hydrogen-bond acceptors (Lipinski definition) is 6. The summed E-state index contributed by atoms with van der Waals surface area (Å²) in [5, 5.41) is 3.35. The number of amides is 1. The summed E-state index contributed by atoms with van der Waals surface area (Å²) < 4.78 is 5.25. The zero-order valence-electron chi connectivity index (χ0n) is 11.2. The molecule has 0 spiro atoms. The Morgan fingerprint density at radius 3 is 2.90 bits per heavy atom. The molecule has 0 unspecified atom stereocenters. The second-order valence-corrected chi connectivity index (χ2v) is 6.01. The largest absolute Gasteiger partial charge is 0.379 e. The Kier molecular flexibility index (Phi) is 4.09. The number of aryl methyl sites for hydroxylation is 1. The molecule has 2 aliphatic rings. The van der Waals surface area contributed by atoms with Crippen LogP contribution >= 0.6 is 11.3 Å². The van der Waals surface area contributed by atoms with E-state index in [1.54, 1.807) is 0 Å². The van der Waals surface area contributed by atoms with Crippen molar-refractivity contribution in [3.05, 3.63) is 10.6 Å². The van der Waals surface area contributed by atoms with Gasteiger partial charge in [-0.1, -0.05) is 11.3 Å². The van der Waals surface area contributed by atoms with Crippen LogP contribution in [0.25, 0.3) is 0 Å². The van der Waals surface area contributed by atoms with E-state index in [0.717, 1.165) is 36.5 Å². The third-order valence-corrected chi connectivity index (χ3v) is 4.54. The molecule has 0 saturated carbocycles. The number of aromatic nitrogens is 1. The van der Waals surface area contributed by atoms with Crippen LogP contribution in [0.15, 0.2) is 0 Å². The lowest BCUT2D eigenvalue weighted by Gasteiger charge is -2.25. The van der Waals surface area contributed by atoms with Gasteiger partial charge in [0, 0.05) is 19.5 Å². The fraction of sp³-hybridized carbons (Fsp3) is 0.615. The number of nitrogens with zero attached hydrogens (tertiary/aromatic N) is 2. The van der Waals surface area contributed by atoms with E-state index in [2.05, 4.69) is 15.2 Å². The van der Waals surface area contributed by atoms with Crippen LogP contribution in [0.4, 0.5) is 5.13 Å². The third-order valence-electron chi connectivity index (χ3n) is 3.49. The van der Waals surface area contributed by atoms with Crippen LogP contribution in [0.3, 0.4) is 0 Å². The SMILES string of the molecule is O=C(CN1CCOCC1)Nc1nc2c(s1)C(=O)CCC2. The molecule has 3 rings (SSSR count). The molecule has 20 heavy (non-hydrogen) atoms. The van der Waals surface area contributed by atoms with Gasteiger partial charge in [0.1, 0.15) is 0 Å². The molecule has 1 saturated heterocycles. The highest BCUT2D eigenvalue weighted by Crippen LogP contribution is 2.29. The topological polar surface area (TPSA) is 71.5 Å². The van der Waals surface area contributed by atoms with E-state index in [0.29, 0.717) is 31.3 Å². The number of morpholine rings is 1. The van der Waals surface area contributed by atoms with Crippen LogP contribution in [0.2, 0.25) is 0 Å². The molecule has 0 atom stereocenters. The van der Waals surface area contributed by atoms with Crippen molar-refractivity contribution in [3.8, 4) is 0 Å². The summed E-state index contributed by atoms with van der Waals surface area (Å²) >= 11 is 1.30. The number of nitrogens with one attached hydrogen (secondary N) is 1. The lowest BCUT2D eigenvalue weighted by molar-refractivity contribution is -0.118. The van der Waals surface area contributed by atoms with Gasteiger partial charge in [0.2, 0.25) is 5.91 Å². The minimum atomic E-state index is -0.0783. The Hall–Kier alpha value is -1.31. The van der Waals surface area contributed by atoms with Crippen LogP contribution in [0.1, 0.15) is 28.2 Å². The Labute approximate surface area is 121 Å². The molecule has 1 aromatic rings. The van der Waals surface area contributed by atoms with E-state index >= 15 is 0 Å². The van der Waals surface area contributed by atoms with Crippen LogP contribution < -0.4 is 5.32 Å². The number of ether oxygens (including phenoxy) is 1. The number of carbonyl (C=O) groups excluding carboxylic acids is 2. The van der Waals surface area contributed by atoms with Crippen molar-refractivity contribution in [2.75, 3.05) is 38.2 Å². The van der Waals surface area contributed by atoms with Crippen LogP contribution in [0, 0.1) is 0 Å². The zero-order chi connectivity index (χ0) is 13.9. The highest BCUT2D eigenvalue weighted by molar-refractivity contribution is 7.17. The molecule has 1 aromatic heterocycles. The fourth-order valence-corrected chi connectivity index (χ4v) is 3.44. The van der Waals surface area contributed by atoms with Gasteiger partial charge in [-0.25, -0.2) is 4.98 Å². The van der Waals surface area contributed by atoms with Crippen molar-refractivity contribution in [3.63, 3.8) is 0 Å². The standard InChI is InChI=1S/C13H17N3O3S/c17-10-3-1-2-9-12(10)20-13(14-9)15-11(18)8-16-4-6-19-7-5-16/h1-8H2,(H,14,15,18). The van der Waals surface area contributed by atoms with E-state index in [4.69, 9.17) is 4.74 Å². The average Bonchev–Trinajstić information content (AvgIpc) is 2.83. The summed E-state index contributed by atoms with van der Waals surface area (Å²) in [7, 11) is 0. The third kappa shape index (κ3) is 3.05. The van der Waals surface area contributed by atoms with Crippen LogP contribution in [0.5, 0.6) is 0 Å². The van der Waals surface area contributed by atoms with E-state index in [-0.39, 0.29) is 11.7 Å². The van der Waals surface area contributed by atoms with Crippen molar-refractivity contribution in [2.24, 2.45) is 0 Å². The molecule has 0 aromatic carbocycles. The van der Waals surface area contributed by atoms with E-state index < -0.39 is 0 Å². The van der Waals surface area contributed by atoms with Gasteiger partial charge in [0.25, 0.3) is 0 Å². The first-order valence-electron chi connectivity index (χ1n) is 6.85. The van der Waals surface area contributed by atoms with Gasteiger partial charge >= 0.3 is 0 Å². The van der Waals surface area contributed by atoms with Gasteiger partial charge in [-0.2, -0.15) is 0 Å². The molecule has 1 aliphatic heterocycles. The van der Waals surface area contributed by atoms with E-state index in [1.807, 2.05) is 0 Å². The summed E-state index contributed by atoms with van der Waals surface area (Å²) in [6.45, 7) is 3.25. The van der Waals surface area contributed by atoms with Crippen molar-refractivity contribution in [2.45, 2.75) is 19.3 Å². The minimum absolute atomic E-state index is 0.0783. The number of hydrogen-bond donors (Lipinski definition) is 1. The average molecular weight is 295 g/mol. The molecule has 108 valence electrons. The fourth-order valence-electron chi connectivity index (χ4n) is 2.44. The summed E-state index contributed by atoms with van der Waals surface area (Å²) in [5.74, 6) is 0.0721. The number of Topliss-reactive ketones (excluding diaryl/α,β-unsaturated/α-hetero) is 1. The zero-order valence-corrected chi connectivity index (χ0v) is 12.0. The lowest BCUT2D eigenvalue weighted by Crippen LogP contribution is -2.41. The second-order valence-electron chi connectivity index (χ2n) is 5.01. The molecule has 1 aliphatic carbocycles. The van der Waals surface area contributed by atoms with E-state index in [9.17, 15) is 9.59 Å². The predicted octanol–water partition coefficient (Wildman–Crippen LogP) is 0.933. The highest BCUT2D eigenvalue weighted by Gasteiger charge is 2.23. The first-order valence-corrected chi connectivity index (χ1v) is 7.67. The Balaban J connectivity index is 1.60. The maximum atomic E-state index is 12.0. The lowest BCUT2D eigenvalue weighted by atomic mass is 10.0. The molecular weight excluding hydrogens is 278 g/mol. The molecule has 0 bridgehead atoms. The number of carbonyl (C=O) groups is 2. The predicted molar refractivity (Wildman–Crippen MR) is 75.3 cm³/mol. The van der Waals surface area contributed by atoms with Gasteiger partial charge in [0.15, 0.2) is 10.9 Å². The summed E-state index contributed by atoms with van der Waals surface area (Å²) in [4.78, 5) is 30.8. The first kappa shape index (κ1) is 13.7. The Morgan fingerprint density at radius 2 is 2.15 bits per heavy atom. The molecule has 6 nitrogen and oxygen atoms in total. The van der Waals surface area contributed by atoms with Gasteiger partial charge in [-0.3, -0.25) is 14.5 Å². The minimum Gasteiger partial charge on any atom is -0.379 e. The number of anilines is 1. The normalized spacial score (nSPS) is 19.7. The molecule has 1 N–H and O–H groups in total.